The van der Waals surface area contributed by atoms with Gasteiger partial charge in [0.25, 0.3) is 0 Å². The number of hydrogen-bond acceptors (Lipinski definition) is 4. The molecule has 5 rings (SSSR count). The van der Waals surface area contributed by atoms with Crippen molar-refractivity contribution < 1.29 is 41.0 Å². The summed E-state index contributed by atoms with van der Waals surface area (Å²) in [5.41, 5.74) is 5.18. The number of halogens is 1. The SMILES string of the molecule is CC1=[C]([Ti+]([NH]C2C=CC=CC2=Cc2ccccc2O)[NH]C2C=CC=CC2=Cc2ccccc2O)CC=C1.[Cl-]. The van der Waals surface area contributed by atoms with Crippen LogP contribution in [0.15, 0.2) is 130 Å². The molecule has 6 heteroatoms. The van der Waals surface area contributed by atoms with Crippen LogP contribution in [-0.4, -0.2) is 22.3 Å². The Hall–Kier alpha value is -3.12. The molecule has 0 radical (unpaired) electrons. The average Bonchev–Trinajstić information content (AvgIpc) is 3.34. The fourth-order valence-corrected chi connectivity index (χ4v) is 8.39. The minimum atomic E-state index is -2.22. The van der Waals surface area contributed by atoms with E-state index in [9.17, 15) is 10.2 Å². The van der Waals surface area contributed by atoms with Gasteiger partial charge < -0.3 is 12.4 Å². The van der Waals surface area contributed by atoms with Gasteiger partial charge in [-0.05, 0) is 0 Å². The maximum absolute atomic E-state index is 10.3. The van der Waals surface area contributed by atoms with Crippen LogP contribution in [0.25, 0.3) is 12.2 Å². The van der Waals surface area contributed by atoms with Crippen LogP contribution in [0.2, 0.25) is 0 Å². The molecule has 2 unspecified atom stereocenters. The van der Waals surface area contributed by atoms with Crippen molar-refractivity contribution in [3.05, 3.63) is 141 Å². The zero-order valence-corrected chi connectivity index (χ0v) is 23.5. The van der Waals surface area contributed by atoms with E-state index in [2.05, 4.69) is 75.3 Å². The number of nitrogens with one attached hydrogen (secondary N) is 2. The van der Waals surface area contributed by atoms with Crippen molar-refractivity contribution in [3.8, 4) is 11.5 Å². The molecule has 0 fully saturated rings. The maximum Gasteiger partial charge on any atom is -1.00 e. The van der Waals surface area contributed by atoms with Gasteiger partial charge in [0.2, 0.25) is 0 Å². The van der Waals surface area contributed by atoms with Crippen LogP contribution in [0.3, 0.4) is 0 Å². The van der Waals surface area contributed by atoms with E-state index < -0.39 is 18.4 Å². The molecule has 192 valence electrons. The third-order valence-electron chi connectivity index (χ3n) is 6.71. The van der Waals surface area contributed by atoms with E-state index in [1.807, 2.05) is 48.6 Å². The number of aromatic hydroxyl groups is 2. The summed E-state index contributed by atoms with van der Waals surface area (Å²) in [4.78, 5) is 0. The Bertz CT molecular complexity index is 1320. The van der Waals surface area contributed by atoms with Crippen LogP contribution in [0.4, 0.5) is 0 Å². The molecule has 2 aromatic carbocycles. The fourth-order valence-electron chi connectivity index (χ4n) is 4.67. The third kappa shape index (κ3) is 6.65. The van der Waals surface area contributed by atoms with Crippen molar-refractivity contribution in [2.75, 3.05) is 0 Å². The largest absolute Gasteiger partial charge is 1.00 e. The first-order valence-electron chi connectivity index (χ1n) is 12.5. The van der Waals surface area contributed by atoms with Crippen LogP contribution in [0.5, 0.6) is 11.5 Å². The molecule has 0 aromatic heterocycles. The van der Waals surface area contributed by atoms with Crippen molar-refractivity contribution in [1.82, 2.24) is 7.60 Å². The molecule has 0 heterocycles. The summed E-state index contributed by atoms with van der Waals surface area (Å²) in [7, 11) is 0. The van der Waals surface area contributed by atoms with E-state index >= 15 is 0 Å². The topological polar surface area (TPSA) is 64.5 Å². The number of phenols is 2. The summed E-state index contributed by atoms with van der Waals surface area (Å²) in [6, 6.07) is 14.9. The Morgan fingerprint density at radius 1 is 0.737 bits per heavy atom. The number of benzene rings is 2. The van der Waals surface area contributed by atoms with Gasteiger partial charge in [0.1, 0.15) is 0 Å². The molecular formula is C32H31ClN2O2Ti. The van der Waals surface area contributed by atoms with Crippen LogP contribution < -0.4 is 20.0 Å². The zero-order chi connectivity index (χ0) is 25.6. The summed E-state index contributed by atoms with van der Waals surface area (Å²) < 4.78 is 9.46. The minimum Gasteiger partial charge on any atom is -1.00 e. The first kappa shape index (κ1) is 27.9. The molecule has 0 saturated heterocycles. The van der Waals surface area contributed by atoms with Crippen LogP contribution in [0, 0.1) is 0 Å². The minimum absolute atomic E-state index is 0. The van der Waals surface area contributed by atoms with Gasteiger partial charge in [0.05, 0.1) is 0 Å². The van der Waals surface area contributed by atoms with Gasteiger partial charge in [-0.25, -0.2) is 0 Å². The van der Waals surface area contributed by atoms with Gasteiger partial charge in [-0.15, -0.1) is 0 Å². The summed E-state index contributed by atoms with van der Waals surface area (Å²) in [6.45, 7) is 2.19. The molecule has 4 N–H and O–H groups in total. The van der Waals surface area contributed by atoms with Crippen LogP contribution in [-0.2, 0) is 18.4 Å². The Kier molecular flexibility index (Phi) is 9.62. The second kappa shape index (κ2) is 13.1. The van der Waals surface area contributed by atoms with E-state index in [4.69, 9.17) is 0 Å². The molecule has 3 aliphatic rings. The van der Waals surface area contributed by atoms with E-state index in [-0.39, 0.29) is 36.0 Å². The van der Waals surface area contributed by atoms with Crippen LogP contribution in [0.1, 0.15) is 24.5 Å². The molecule has 0 spiro atoms. The fraction of sp³-hybridized carbons (Fsp3) is 0.125. The standard InChI is InChI=1S/2C13H12NO.C6H7.ClH.Ti/c2*14-12-7-3-1-5-10(12)9-11-6-2-4-8-13(11)15;1-6-4-2-3-5-6;;/h2*1-9,12,14-15H;2,4H,3H2,1H3;1H;/q2*-1;;;+3/p-1. The molecule has 38 heavy (non-hydrogen) atoms. The number of hydrogen-bond donors (Lipinski definition) is 4. The zero-order valence-electron chi connectivity index (χ0n) is 21.2. The Morgan fingerprint density at radius 2 is 1.24 bits per heavy atom. The van der Waals surface area contributed by atoms with E-state index in [1.54, 1.807) is 12.1 Å². The van der Waals surface area contributed by atoms with Gasteiger partial charge >= 0.3 is 226 Å². The van der Waals surface area contributed by atoms with E-state index in [0.29, 0.717) is 0 Å². The second-order valence-electron chi connectivity index (χ2n) is 9.28. The predicted molar refractivity (Wildman–Crippen MR) is 149 cm³/mol. The molecule has 4 nitrogen and oxygen atoms in total. The maximum atomic E-state index is 10.3. The summed E-state index contributed by atoms with van der Waals surface area (Å²) >= 11 is -2.22. The van der Waals surface area contributed by atoms with Crippen molar-refractivity contribution >= 4 is 12.2 Å². The number of phenolic OH excluding ortho intramolecular Hbond substituents is 2. The van der Waals surface area contributed by atoms with Gasteiger partial charge in [-0.3, -0.25) is 0 Å². The van der Waals surface area contributed by atoms with Crippen LogP contribution >= 0.6 is 0 Å². The Balaban J connectivity index is 0.00000336. The van der Waals surface area contributed by atoms with Crippen molar-refractivity contribution in [1.29, 1.82) is 0 Å². The number of rotatable bonds is 7. The average molecular weight is 559 g/mol. The first-order chi connectivity index (χ1) is 18.1. The second-order valence-corrected chi connectivity index (χ2v) is 12.3. The van der Waals surface area contributed by atoms with Crippen molar-refractivity contribution in [2.45, 2.75) is 25.4 Å². The molecule has 0 aliphatic heterocycles. The van der Waals surface area contributed by atoms with Crippen molar-refractivity contribution in [2.24, 2.45) is 0 Å². The first-order valence-corrected chi connectivity index (χ1v) is 14.9. The summed E-state index contributed by atoms with van der Waals surface area (Å²) in [5, 5.41) is 20.7. The van der Waals surface area contributed by atoms with E-state index in [1.165, 1.54) is 9.45 Å². The molecule has 2 aromatic rings. The Labute approximate surface area is 237 Å². The van der Waals surface area contributed by atoms with Gasteiger partial charge in [-0.1, -0.05) is 0 Å². The normalized spacial score (nSPS) is 21.9. The molecule has 3 aliphatic carbocycles. The molecule has 0 bridgehead atoms. The third-order valence-corrected chi connectivity index (χ3v) is 10.5. The molecule has 0 saturated carbocycles. The smallest absolute Gasteiger partial charge is 1.00 e. The quantitative estimate of drug-likeness (QED) is 0.394. The molecular weight excluding hydrogens is 528 g/mol. The van der Waals surface area contributed by atoms with Gasteiger partial charge in [-0.2, -0.15) is 0 Å². The molecule has 0 amide bonds. The number of para-hydroxylation sites is 2. The van der Waals surface area contributed by atoms with Crippen molar-refractivity contribution in [3.63, 3.8) is 0 Å². The van der Waals surface area contributed by atoms with Gasteiger partial charge in [0.15, 0.2) is 0 Å². The molecule has 2 atom stereocenters. The van der Waals surface area contributed by atoms with Gasteiger partial charge in [0, 0.05) is 0 Å². The Morgan fingerprint density at radius 3 is 1.68 bits per heavy atom. The summed E-state index contributed by atoms with van der Waals surface area (Å²) in [6.07, 6.45) is 26.4. The predicted octanol–water partition coefficient (Wildman–Crippen LogP) is 3.42. The monoisotopic (exact) mass is 558 g/mol. The summed E-state index contributed by atoms with van der Waals surface area (Å²) in [5.74, 6) is 0.561. The number of allylic oxidation sites excluding steroid dienone is 8. The van der Waals surface area contributed by atoms with E-state index in [0.717, 1.165) is 28.7 Å².